The number of ether oxygens (including phenoxy) is 1. The highest BCUT2D eigenvalue weighted by Crippen LogP contribution is 2.55. The van der Waals surface area contributed by atoms with Gasteiger partial charge in [-0.3, -0.25) is 4.79 Å². The number of aliphatic hydroxyl groups is 2. The van der Waals surface area contributed by atoms with Crippen LogP contribution >= 0.6 is 0 Å². The van der Waals surface area contributed by atoms with Crippen molar-refractivity contribution in [1.29, 1.82) is 0 Å². The van der Waals surface area contributed by atoms with Crippen LogP contribution in [0.4, 0.5) is 0 Å². The molecule has 106 valence electrons. The van der Waals surface area contributed by atoms with E-state index in [1.807, 2.05) is 20.8 Å². The average Bonchev–Trinajstić information content (AvgIpc) is 2.63. The first-order valence-corrected chi connectivity index (χ1v) is 7.14. The first-order valence-electron chi connectivity index (χ1n) is 7.14. The summed E-state index contributed by atoms with van der Waals surface area (Å²) >= 11 is 0. The van der Waals surface area contributed by atoms with Gasteiger partial charge in [0.25, 0.3) is 0 Å². The number of hydrogen-bond donors (Lipinski definition) is 2. The Morgan fingerprint density at radius 1 is 1.37 bits per heavy atom. The zero-order valence-corrected chi connectivity index (χ0v) is 11.7. The fourth-order valence-corrected chi connectivity index (χ4v) is 4.19. The molecule has 0 spiro atoms. The Balaban J connectivity index is 2.11. The van der Waals surface area contributed by atoms with E-state index in [9.17, 15) is 15.0 Å². The second-order valence-corrected chi connectivity index (χ2v) is 6.63. The molecular formula is C15H22O4. The second kappa shape index (κ2) is 4.06. The Morgan fingerprint density at radius 3 is 2.74 bits per heavy atom. The predicted molar refractivity (Wildman–Crippen MR) is 69.2 cm³/mol. The summed E-state index contributed by atoms with van der Waals surface area (Å²) in [6.45, 7) is 5.82. The highest BCUT2D eigenvalue weighted by molar-refractivity contribution is 5.76. The molecule has 0 amide bonds. The van der Waals surface area contributed by atoms with E-state index >= 15 is 0 Å². The molecule has 0 bridgehead atoms. The molecule has 6 atom stereocenters. The third kappa shape index (κ3) is 1.62. The van der Waals surface area contributed by atoms with E-state index in [-0.39, 0.29) is 29.3 Å². The normalized spacial score (nSPS) is 49.7. The highest BCUT2D eigenvalue weighted by atomic mass is 16.6. The van der Waals surface area contributed by atoms with E-state index in [1.165, 1.54) is 0 Å². The summed E-state index contributed by atoms with van der Waals surface area (Å²) in [6.07, 6.45) is 0.861. The maximum atomic E-state index is 11.8. The van der Waals surface area contributed by atoms with Crippen molar-refractivity contribution in [2.75, 3.05) is 0 Å². The topological polar surface area (TPSA) is 66.8 Å². The summed E-state index contributed by atoms with van der Waals surface area (Å²) in [5, 5.41) is 20.6. The molecule has 3 aliphatic rings. The molecule has 0 aromatic carbocycles. The van der Waals surface area contributed by atoms with Crippen LogP contribution < -0.4 is 0 Å². The smallest absolute Gasteiger partial charge is 0.309 e. The molecule has 2 fully saturated rings. The lowest BCUT2D eigenvalue weighted by atomic mass is 9.57. The van der Waals surface area contributed by atoms with Gasteiger partial charge in [0.2, 0.25) is 0 Å². The van der Waals surface area contributed by atoms with Crippen LogP contribution in [-0.2, 0) is 9.53 Å². The van der Waals surface area contributed by atoms with Crippen molar-refractivity contribution in [3.8, 4) is 0 Å². The molecule has 0 unspecified atom stereocenters. The largest absolute Gasteiger partial charge is 0.457 e. The summed E-state index contributed by atoms with van der Waals surface area (Å²) in [5.41, 5.74) is 1.52. The number of rotatable bonds is 0. The van der Waals surface area contributed by atoms with Crippen molar-refractivity contribution in [2.24, 2.45) is 17.3 Å². The standard InChI is InChI=1S/C15H22O4/c1-7-9-6-11(17)15(3)5-4-10(16)8(2)12(15)13(9)19-14(7)18/h7,9-11,13,16-17H,4-6H2,1-3H3/t7-,9-,10+,11-,13-,15+/m0/s1. The van der Waals surface area contributed by atoms with E-state index in [0.29, 0.717) is 12.8 Å². The molecule has 4 heteroatoms. The lowest BCUT2D eigenvalue weighted by molar-refractivity contribution is -0.144. The summed E-state index contributed by atoms with van der Waals surface area (Å²) < 4.78 is 5.56. The number of hydrogen-bond acceptors (Lipinski definition) is 4. The van der Waals surface area contributed by atoms with Crippen LogP contribution in [0.3, 0.4) is 0 Å². The molecule has 4 nitrogen and oxygen atoms in total. The molecule has 1 heterocycles. The summed E-state index contributed by atoms with van der Waals surface area (Å²) in [5.74, 6) is -0.291. The number of esters is 1. The summed E-state index contributed by atoms with van der Waals surface area (Å²) in [6, 6.07) is 0. The van der Waals surface area contributed by atoms with Crippen LogP contribution in [0.15, 0.2) is 11.1 Å². The third-order valence-corrected chi connectivity index (χ3v) is 5.64. The Labute approximate surface area is 113 Å². The lowest BCUT2D eigenvalue weighted by Gasteiger charge is -2.49. The number of fused-ring (bicyclic) bond motifs is 3. The van der Waals surface area contributed by atoms with Crippen LogP contribution in [0.2, 0.25) is 0 Å². The van der Waals surface area contributed by atoms with Crippen molar-refractivity contribution in [3.63, 3.8) is 0 Å². The van der Waals surface area contributed by atoms with Gasteiger partial charge in [0.05, 0.1) is 18.1 Å². The SMILES string of the molecule is CC1=C2[C@H]3OC(=O)[C@@H](C)[C@@H]3C[C@H](O)[C@@]2(C)CC[C@H]1O. The quantitative estimate of drug-likeness (QED) is 0.514. The maximum Gasteiger partial charge on any atom is 0.309 e. The van der Waals surface area contributed by atoms with E-state index in [1.54, 1.807) is 0 Å². The first-order chi connectivity index (χ1) is 8.86. The maximum absolute atomic E-state index is 11.8. The molecule has 1 aliphatic heterocycles. The van der Waals surface area contributed by atoms with Gasteiger partial charge in [-0.2, -0.15) is 0 Å². The van der Waals surface area contributed by atoms with Gasteiger partial charge < -0.3 is 14.9 Å². The molecular weight excluding hydrogens is 244 g/mol. The first kappa shape index (κ1) is 13.1. The van der Waals surface area contributed by atoms with Gasteiger partial charge >= 0.3 is 5.97 Å². The third-order valence-electron chi connectivity index (χ3n) is 5.64. The molecule has 0 aromatic heterocycles. The van der Waals surface area contributed by atoms with E-state index in [4.69, 9.17) is 4.74 Å². The van der Waals surface area contributed by atoms with Crippen LogP contribution in [0.1, 0.15) is 40.0 Å². The Bertz CT molecular complexity index is 455. The van der Waals surface area contributed by atoms with Crippen molar-refractivity contribution in [1.82, 2.24) is 0 Å². The van der Waals surface area contributed by atoms with Crippen molar-refractivity contribution in [3.05, 3.63) is 11.1 Å². The number of aliphatic hydroxyl groups excluding tert-OH is 2. The van der Waals surface area contributed by atoms with Gasteiger partial charge in [-0.15, -0.1) is 0 Å². The lowest BCUT2D eigenvalue weighted by Crippen LogP contribution is -2.50. The zero-order chi connectivity index (χ0) is 13.9. The highest BCUT2D eigenvalue weighted by Gasteiger charge is 2.57. The van der Waals surface area contributed by atoms with Crippen molar-refractivity contribution < 1.29 is 19.7 Å². The predicted octanol–water partition coefficient (Wildman–Crippen LogP) is 1.41. The molecule has 2 aliphatic carbocycles. The fraction of sp³-hybridized carbons (Fsp3) is 0.800. The van der Waals surface area contributed by atoms with Crippen LogP contribution in [-0.4, -0.2) is 34.5 Å². The van der Waals surface area contributed by atoms with Crippen molar-refractivity contribution in [2.45, 2.75) is 58.3 Å². The van der Waals surface area contributed by atoms with Gasteiger partial charge in [0, 0.05) is 11.3 Å². The molecule has 0 radical (unpaired) electrons. The Morgan fingerprint density at radius 2 is 2.05 bits per heavy atom. The average molecular weight is 266 g/mol. The van der Waals surface area contributed by atoms with E-state index in [0.717, 1.165) is 17.6 Å². The monoisotopic (exact) mass is 266 g/mol. The number of carbonyl (C=O) groups is 1. The number of carbonyl (C=O) groups excluding carboxylic acids is 1. The minimum absolute atomic E-state index is 0.0471. The van der Waals surface area contributed by atoms with Gasteiger partial charge in [0.15, 0.2) is 0 Å². The van der Waals surface area contributed by atoms with Crippen LogP contribution in [0.5, 0.6) is 0 Å². The summed E-state index contributed by atoms with van der Waals surface area (Å²) in [4.78, 5) is 11.8. The summed E-state index contributed by atoms with van der Waals surface area (Å²) in [7, 11) is 0. The van der Waals surface area contributed by atoms with Gasteiger partial charge in [-0.1, -0.05) is 13.8 Å². The molecule has 0 aromatic rings. The molecule has 1 saturated carbocycles. The zero-order valence-electron chi connectivity index (χ0n) is 11.7. The van der Waals surface area contributed by atoms with E-state index in [2.05, 4.69) is 0 Å². The molecule has 3 rings (SSSR count). The fourth-order valence-electron chi connectivity index (χ4n) is 4.19. The van der Waals surface area contributed by atoms with Crippen molar-refractivity contribution >= 4 is 5.97 Å². The van der Waals surface area contributed by atoms with Crippen LogP contribution in [0, 0.1) is 17.3 Å². The second-order valence-electron chi connectivity index (χ2n) is 6.63. The van der Waals surface area contributed by atoms with Gasteiger partial charge in [-0.05, 0) is 37.3 Å². The Kier molecular flexibility index (Phi) is 2.81. The molecule has 1 saturated heterocycles. The molecule has 2 N–H and O–H groups in total. The minimum atomic E-state index is -0.469. The Hall–Kier alpha value is -0.870. The molecule has 19 heavy (non-hydrogen) atoms. The minimum Gasteiger partial charge on any atom is -0.457 e. The van der Waals surface area contributed by atoms with Gasteiger partial charge in [0.1, 0.15) is 6.10 Å². The van der Waals surface area contributed by atoms with Gasteiger partial charge in [-0.25, -0.2) is 0 Å². The van der Waals surface area contributed by atoms with E-state index < -0.39 is 12.2 Å². The van der Waals surface area contributed by atoms with Crippen LogP contribution in [0.25, 0.3) is 0 Å².